The maximum absolute atomic E-state index is 12.5. The molecule has 0 aliphatic carbocycles. The zero-order chi connectivity index (χ0) is 17.8. The van der Waals surface area contributed by atoms with E-state index in [1.165, 1.54) is 4.57 Å². The van der Waals surface area contributed by atoms with Crippen LogP contribution in [0.2, 0.25) is 0 Å². The molecule has 0 aliphatic rings. The van der Waals surface area contributed by atoms with Gasteiger partial charge >= 0.3 is 0 Å². The summed E-state index contributed by atoms with van der Waals surface area (Å²) in [4.78, 5) is 31.9. The molecule has 8 heteroatoms. The standard InChI is InChI=1S/C17H16N4O3S/c1-24-9-8-21-16(23)12-6-5-11(10-13(12)19-17(21)25)15(22)20-14-4-2-3-7-18-14/h2-7,10H,8-9H2,1H3,(H,19,25)(H,18,20,22). The van der Waals surface area contributed by atoms with Gasteiger partial charge in [0.2, 0.25) is 0 Å². The second kappa shape index (κ2) is 7.37. The summed E-state index contributed by atoms with van der Waals surface area (Å²) in [6, 6.07) is 10.1. The third-order valence-electron chi connectivity index (χ3n) is 3.67. The van der Waals surface area contributed by atoms with Crippen LogP contribution in [-0.4, -0.2) is 34.2 Å². The lowest BCUT2D eigenvalue weighted by Gasteiger charge is -2.09. The molecule has 0 saturated heterocycles. The van der Waals surface area contributed by atoms with Crippen LogP contribution in [-0.2, 0) is 11.3 Å². The van der Waals surface area contributed by atoms with E-state index in [1.807, 2.05) is 0 Å². The van der Waals surface area contributed by atoms with Crippen LogP contribution >= 0.6 is 12.2 Å². The molecule has 128 valence electrons. The van der Waals surface area contributed by atoms with Crippen molar-refractivity contribution in [3.05, 3.63) is 63.3 Å². The van der Waals surface area contributed by atoms with Crippen molar-refractivity contribution in [2.24, 2.45) is 0 Å². The Morgan fingerprint density at radius 3 is 2.92 bits per heavy atom. The molecule has 0 radical (unpaired) electrons. The van der Waals surface area contributed by atoms with E-state index in [4.69, 9.17) is 17.0 Å². The summed E-state index contributed by atoms with van der Waals surface area (Å²) in [6.45, 7) is 0.746. The topological polar surface area (TPSA) is 89.0 Å². The lowest BCUT2D eigenvalue weighted by atomic mass is 10.1. The van der Waals surface area contributed by atoms with Gasteiger partial charge in [0.1, 0.15) is 5.82 Å². The number of methoxy groups -OCH3 is 1. The molecule has 0 fully saturated rings. The van der Waals surface area contributed by atoms with Crippen molar-refractivity contribution >= 4 is 34.8 Å². The fraction of sp³-hybridized carbons (Fsp3) is 0.176. The van der Waals surface area contributed by atoms with E-state index in [0.717, 1.165) is 0 Å². The minimum atomic E-state index is -0.316. The van der Waals surface area contributed by atoms with Crippen molar-refractivity contribution in [1.82, 2.24) is 14.5 Å². The molecule has 3 aromatic rings. The molecule has 25 heavy (non-hydrogen) atoms. The molecular formula is C17H16N4O3S. The number of nitrogens with zero attached hydrogens (tertiary/aromatic N) is 2. The predicted molar refractivity (Wildman–Crippen MR) is 97.5 cm³/mol. The first-order valence-corrected chi connectivity index (χ1v) is 7.99. The van der Waals surface area contributed by atoms with Gasteiger partial charge in [-0.2, -0.15) is 0 Å². The molecule has 7 nitrogen and oxygen atoms in total. The Hall–Kier alpha value is -2.84. The second-order valence-corrected chi connectivity index (χ2v) is 5.70. The summed E-state index contributed by atoms with van der Waals surface area (Å²) < 4.78 is 6.72. The number of hydrogen-bond acceptors (Lipinski definition) is 5. The van der Waals surface area contributed by atoms with Crippen LogP contribution in [0.25, 0.3) is 10.9 Å². The highest BCUT2D eigenvalue weighted by molar-refractivity contribution is 7.71. The van der Waals surface area contributed by atoms with Crippen LogP contribution in [0.15, 0.2) is 47.4 Å². The van der Waals surface area contributed by atoms with E-state index in [0.29, 0.717) is 35.4 Å². The van der Waals surface area contributed by atoms with Gasteiger partial charge in [-0.25, -0.2) is 4.98 Å². The van der Waals surface area contributed by atoms with Crippen LogP contribution in [0.3, 0.4) is 0 Å². The average Bonchev–Trinajstić information content (AvgIpc) is 2.62. The number of hydrogen-bond donors (Lipinski definition) is 2. The average molecular weight is 356 g/mol. The smallest absolute Gasteiger partial charge is 0.262 e. The molecule has 0 bridgehead atoms. The summed E-state index contributed by atoms with van der Waals surface area (Å²) in [5, 5.41) is 3.16. The lowest BCUT2D eigenvalue weighted by molar-refractivity contribution is 0.102. The highest BCUT2D eigenvalue weighted by Gasteiger charge is 2.11. The van der Waals surface area contributed by atoms with E-state index in [2.05, 4.69) is 15.3 Å². The maximum Gasteiger partial charge on any atom is 0.262 e. The van der Waals surface area contributed by atoms with E-state index < -0.39 is 0 Å². The highest BCUT2D eigenvalue weighted by Crippen LogP contribution is 2.12. The molecular weight excluding hydrogens is 340 g/mol. The van der Waals surface area contributed by atoms with Gasteiger partial charge in [0, 0.05) is 18.9 Å². The van der Waals surface area contributed by atoms with Crippen molar-refractivity contribution < 1.29 is 9.53 Å². The van der Waals surface area contributed by atoms with E-state index in [1.54, 1.807) is 49.7 Å². The van der Waals surface area contributed by atoms with Crippen molar-refractivity contribution in [3.8, 4) is 0 Å². The predicted octanol–water partition coefficient (Wildman–Crippen LogP) is 2.35. The molecule has 0 unspecified atom stereocenters. The van der Waals surface area contributed by atoms with Gasteiger partial charge in [-0.15, -0.1) is 0 Å². The van der Waals surface area contributed by atoms with E-state index >= 15 is 0 Å². The Kier molecular flexibility index (Phi) is 5.01. The third kappa shape index (κ3) is 3.65. The van der Waals surface area contributed by atoms with Crippen LogP contribution in [0.1, 0.15) is 10.4 Å². The number of fused-ring (bicyclic) bond motifs is 1. The van der Waals surface area contributed by atoms with Gasteiger partial charge in [-0.05, 0) is 42.5 Å². The van der Waals surface area contributed by atoms with Gasteiger partial charge in [-0.1, -0.05) is 6.07 Å². The lowest BCUT2D eigenvalue weighted by Crippen LogP contribution is -2.24. The molecule has 0 atom stereocenters. The highest BCUT2D eigenvalue weighted by atomic mass is 32.1. The number of amides is 1. The Balaban J connectivity index is 1.96. The Morgan fingerprint density at radius 2 is 2.20 bits per heavy atom. The number of aromatic amines is 1. The fourth-order valence-corrected chi connectivity index (χ4v) is 2.69. The first-order chi connectivity index (χ1) is 12.1. The summed E-state index contributed by atoms with van der Waals surface area (Å²) in [5.41, 5.74) is 0.697. The summed E-state index contributed by atoms with van der Waals surface area (Å²) >= 11 is 5.24. The fourth-order valence-electron chi connectivity index (χ4n) is 2.41. The van der Waals surface area contributed by atoms with Crippen LogP contribution in [0.4, 0.5) is 5.82 Å². The van der Waals surface area contributed by atoms with Crippen molar-refractivity contribution in [1.29, 1.82) is 0 Å². The van der Waals surface area contributed by atoms with Crippen molar-refractivity contribution in [2.75, 3.05) is 19.0 Å². The number of H-pyrrole nitrogens is 1. The summed E-state index contributed by atoms with van der Waals surface area (Å²) in [5.74, 6) is 0.138. The second-order valence-electron chi connectivity index (χ2n) is 5.31. The van der Waals surface area contributed by atoms with Crippen LogP contribution < -0.4 is 10.9 Å². The van der Waals surface area contributed by atoms with Gasteiger partial charge in [0.25, 0.3) is 11.5 Å². The number of carbonyl (C=O) groups is 1. The number of aromatic nitrogens is 3. The number of anilines is 1. The summed E-state index contributed by atoms with van der Waals surface area (Å²) in [7, 11) is 1.56. The first-order valence-electron chi connectivity index (χ1n) is 7.58. The molecule has 0 saturated carbocycles. The maximum atomic E-state index is 12.5. The molecule has 1 aromatic carbocycles. The van der Waals surface area contributed by atoms with Crippen molar-refractivity contribution in [2.45, 2.75) is 6.54 Å². The quantitative estimate of drug-likeness (QED) is 0.685. The molecule has 1 amide bonds. The van der Waals surface area contributed by atoms with Crippen LogP contribution in [0.5, 0.6) is 0 Å². The van der Waals surface area contributed by atoms with Gasteiger partial charge in [0.05, 0.1) is 24.1 Å². The number of benzene rings is 1. The molecule has 3 rings (SSSR count). The Labute approximate surface area is 148 Å². The Bertz CT molecular complexity index is 1030. The van der Waals surface area contributed by atoms with Gasteiger partial charge < -0.3 is 15.0 Å². The normalized spacial score (nSPS) is 10.8. The van der Waals surface area contributed by atoms with Gasteiger partial charge in [-0.3, -0.25) is 14.2 Å². The molecule has 0 aliphatic heterocycles. The van der Waals surface area contributed by atoms with Crippen LogP contribution in [0, 0.1) is 4.77 Å². The zero-order valence-corrected chi connectivity index (χ0v) is 14.3. The third-order valence-corrected chi connectivity index (χ3v) is 3.99. The number of nitrogens with one attached hydrogen (secondary N) is 2. The minimum Gasteiger partial charge on any atom is -0.383 e. The molecule has 2 aromatic heterocycles. The van der Waals surface area contributed by atoms with Crippen molar-refractivity contribution in [3.63, 3.8) is 0 Å². The van der Waals surface area contributed by atoms with Gasteiger partial charge in [0.15, 0.2) is 4.77 Å². The molecule has 0 spiro atoms. The van der Waals surface area contributed by atoms with E-state index in [9.17, 15) is 9.59 Å². The molecule has 2 heterocycles. The first kappa shape index (κ1) is 17.0. The monoisotopic (exact) mass is 356 g/mol. The Morgan fingerprint density at radius 1 is 1.36 bits per heavy atom. The number of pyridine rings is 1. The number of carbonyl (C=O) groups excluding carboxylic acids is 1. The zero-order valence-electron chi connectivity index (χ0n) is 13.5. The SMILES string of the molecule is COCCn1c(=S)[nH]c2cc(C(=O)Nc3ccccn3)ccc2c1=O. The number of ether oxygens (including phenoxy) is 1. The number of rotatable bonds is 5. The minimum absolute atomic E-state index is 0.215. The summed E-state index contributed by atoms with van der Waals surface area (Å²) in [6.07, 6.45) is 1.59. The van der Waals surface area contributed by atoms with E-state index in [-0.39, 0.29) is 16.2 Å². The molecule has 2 N–H and O–H groups in total. The largest absolute Gasteiger partial charge is 0.383 e.